The summed E-state index contributed by atoms with van der Waals surface area (Å²) in [7, 11) is 0. The Labute approximate surface area is 125 Å². The minimum absolute atomic E-state index is 0.122. The van der Waals surface area contributed by atoms with Crippen molar-refractivity contribution in [3.05, 3.63) is 59.0 Å². The van der Waals surface area contributed by atoms with Gasteiger partial charge in [-0.15, -0.1) is 10.2 Å². The second kappa shape index (κ2) is 5.41. The normalized spacial score (nSPS) is 10.7. The van der Waals surface area contributed by atoms with Gasteiger partial charge in [0, 0.05) is 11.2 Å². The van der Waals surface area contributed by atoms with Crippen LogP contribution in [-0.4, -0.2) is 25.6 Å². The van der Waals surface area contributed by atoms with Gasteiger partial charge >= 0.3 is 0 Å². The summed E-state index contributed by atoms with van der Waals surface area (Å²) in [5.74, 6) is 0.0474. The van der Waals surface area contributed by atoms with Crippen LogP contribution >= 0.6 is 11.6 Å². The molecule has 0 aliphatic rings. The third-order valence-corrected chi connectivity index (χ3v) is 3.23. The largest absolute Gasteiger partial charge is 0.507 e. The second-order valence-electron chi connectivity index (χ2n) is 4.39. The summed E-state index contributed by atoms with van der Waals surface area (Å²) < 4.78 is 1.78. The Morgan fingerprint density at radius 2 is 2.14 bits per heavy atom. The van der Waals surface area contributed by atoms with E-state index < -0.39 is 5.91 Å². The van der Waals surface area contributed by atoms with Crippen molar-refractivity contribution in [3.8, 4) is 5.75 Å². The predicted molar refractivity (Wildman–Crippen MR) is 77.3 cm³/mol. The minimum atomic E-state index is -0.428. The van der Waals surface area contributed by atoms with Crippen LogP contribution in [0.3, 0.4) is 0 Å². The number of nitrogens with zero attached hydrogens (tertiary/aromatic N) is 3. The molecule has 0 radical (unpaired) electrons. The number of amides is 1. The Hall–Kier alpha value is -2.60. The lowest BCUT2D eigenvalue weighted by Gasteiger charge is -2.06. The number of pyridine rings is 1. The fourth-order valence-electron chi connectivity index (χ4n) is 1.96. The van der Waals surface area contributed by atoms with Crippen LogP contribution in [0.15, 0.2) is 42.6 Å². The third kappa shape index (κ3) is 2.66. The minimum Gasteiger partial charge on any atom is -0.507 e. The van der Waals surface area contributed by atoms with Gasteiger partial charge in [0.15, 0.2) is 11.5 Å². The fourth-order valence-corrected chi connectivity index (χ4v) is 2.13. The summed E-state index contributed by atoms with van der Waals surface area (Å²) in [6.45, 7) is 0.190. The Morgan fingerprint density at radius 1 is 1.29 bits per heavy atom. The van der Waals surface area contributed by atoms with E-state index in [1.165, 1.54) is 18.2 Å². The number of hydrogen-bond donors (Lipinski definition) is 2. The van der Waals surface area contributed by atoms with Gasteiger partial charge in [-0.25, -0.2) is 0 Å². The van der Waals surface area contributed by atoms with Crippen molar-refractivity contribution in [1.82, 2.24) is 19.9 Å². The van der Waals surface area contributed by atoms with Gasteiger partial charge in [-0.05, 0) is 30.3 Å². The molecule has 0 fully saturated rings. The average Bonchev–Trinajstić information content (AvgIpc) is 2.90. The number of phenolic OH excluding ortho intramolecular Hbond substituents is 1. The maximum atomic E-state index is 12.1. The van der Waals surface area contributed by atoms with Crippen molar-refractivity contribution in [3.63, 3.8) is 0 Å². The van der Waals surface area contributed by atoms with Gasteiger partial charge in [-0.3, -0.25) is 9.20 Å². The summed E-state index contributed by atoms with van der Waals surface area (Å²) in [4.78, 5) is 12.1. The number of rotatable bonds is 3. The molecule has 2 N–H and O–H groups in total. The maximum absolute atomic E-state index is 12.1. The number of halogens is 1. The first-order valence-electron chi connectivity index (χ1n) is 6.20. The average molecular weight is 303 g/mol. The van der Waals surface area contributed by atoms with Crippen molar-refractivity contribution in [1.29, 1.82) is 0 Å². The molecule has 0 spiro atoms. The molecule has 2 heterocycles. The molecule has 0 saturated carbocycles. The van der Waals surface area contributed by atoms with E-state index in [1.54, 1.807) is 4.40 Å². The molecular formula is C14H11ClN4O2. The van der Waals surface area contributed by atoms with E-state index in [4.69, 9.17) is 11.6 Å². The maximum Gasteiger partial charge on any atom is 0.255 e. The van der Waals surface area contributed by atoms with Crippen LogP contribution in [0.1, 0.15) is 16.2 Å². The summed E-state index contributed by atoms with van der Waals surface area (Å²) in [6.07, 6.45) is 1.81. The molecule has 106 valence electrons. The molecular weight excluding hydrogens is 292 g/mol. The summed E-state index contributed by atoms with van der Waals surface area (Å²) in [5, 5.41) is 20.7. The van der Waals surface area contributed by atoms with Gasteiger partial charge in [0.05, 0.1) is 12.1 Å². The van der Waals surface area contributed by atoms with Gasteiger partial charge in [0.25, 0.3) is 5.91 Å². The zero-order valence-electron chi connectivity index (χ0n) is 10.8. The summed E-state index contributed by atoms with van der Waals surface area (Å²) in [5.41, 5.74) is 0.823. The molecule has 1 amide bonds. The summed E-state index contributed by atoms with van der Waals surface area (Å²) in [6, 6.07) is 9.83. The van der Waals surface area contributed by atoms with E-state index >= 15 is 0 Å². The molecule has 0 aliphatic heterocycles. The number of aromatic hydroxyl groups is 1. The molecule has 0 saturated heterocycles. The van der Waals surface area contributed by atoms with Crippen LogP contribution in [0.5, 0.6) is 5.75 Å². The number of carbonyl (C=O) groups excluding carboxylic acids is 1. The first-order chi connectivity index (χ1) is 10.1. The molecule has 7 heteroatoms. The highest BCUT2D eigenvalue weighted by Crippen LogP contribution is 2.21. The first-order valence-corrected chi connectivity index (χ1v) is 6.58. The lowest BCUT2D eigenvalue weighted by molar-refractivity contribution is 0.0947. The number of carbonyl (C=O) groups is 1. The van der Waals surface area contributed by atoms with Gasteiger partial charge in [-0.1, -0.05) is 17.7 Å². The molecule has 0 unspecified atom stereocenters. The number of phenols is 1. The lowest BCUT2D eigenvalue weighted by atomic mass is 10.2. The highest BCUT2D eigenvalue weighted by molar-refractivity contribution is 6.31. The quantitative estimate of drug-likeness (QED) is 0.776. The van der Waals surface area contributed by atoms with Crippen LogP contribution in [0.25, 0.3) is 5.65 Å². The number of nitrogens with one attached hydrogen (secondary N) is 1. The van der Waals surface area contributed by atoms with Crippen molar-refractivity contribution < 1.29 is 9.90 Å². The van der Waals surface area contributed by atoms with Crippen molar-refractivity contribution >= 4 is 23.2 Å². The topological polar surface area (TPSA) is 79.5 Å². The van der Waals surface area contributed by atoms with Gasteiger partial charge in [-0.2, -0.15) is 0 Å². The van der Waals surface area contributed by atoms with E-state index in [9.17, 15) is 9.90 Å². The molecule has 3 rings (SSSR count). The molecule has 6 nitrogen and oxygen atoms in total. The molecule has 0 atom stereocenters. The van der Waals surface area contributed by atoms with Crippen molar-refractivity contribution in [2.75, 3.05) is 0 Å². The SMILES string of the molecule is O=C(NCc1nnc2ccccn12)c1cc(Cl)ccc1O. The van der Waals surface area contributed by atoms with E-state index in [2.05, 4.69) is 15.5 Å². The molecule has 0 aliphatic carbocycles. The number of fused-ring (bicyclic) bond motifs is 1. The fraction of sp³-hybridized carbons (Fsp3) is 0.0714. The van der Waals surface area contributed by atoms with Crippen LogP contribution in [0.2, 0.25) is 5.02 Å². The number of hydrogen-bond acceptors (Lipinski definition) is 4. The van der Waals surface area contributed by atoms with Crippen molar-refractivity contribution in [2.45, 2.75) is 6.54 Å². The van der Waals surface area contributed by atoms with Gasteiger partial charge in [0.2, 0.25) is 0 Å². The number of aromatic nitrogens is 3. The Kier molecular flexibility index (Phi) is 3.45. The Bertz CT molecular complexity index is 816. The van der Waals surface area contributed by atoms with Gasteiger partial charge in [0.1, 0.15) is 5.75 Å². The van der Waals surface area contributed by atoms with Gasteiger partial charge < -0.3 is 10.4 Å². The summed E-state index contributed by atoms with van der Waals surface area (Å²) >= 11 is 5.82. The highest BCUT2D eigenvalue weighted by Gasteiger charge is 2.13. The first kappa shape index (κ1) is 13.4. The number of benzene rings is 1. The Balaban J connectivity index is 1.78. The van der Waals surface area contributed by atoms with E-state index in [1.807, 2.05) is 24.4 Å². The molecule has 3 aromatic rings. The van der Waals surface area contributed by atoms with Crippen LogP contribution < -0.4 is 5.32 Å². The zero-order chi connectivity index (χ0) is 14.8. The predicted octanol–water partition coefficient (Wildman–Crippen LogP) is 2.02. The Morgan fingerprint density at radius 3 is 3.00 bits per heavy atom. The second-order valence-corrected chi connectivity index (χ2v) is 4.83. The van der Waals surface area contributed by atoms with E-state index in [-0.39, 0.29) is 17.9 Å². The molecule has 0 bridgehead atoms. The molecule has 2 aromatic heterocycles. The molecule has 1 aromatic carbocycles. The van der Waals surface area contributed by atoms with Crippen LogP contribution in [-0.2, 0) is 6.54 Å². The smallest absolute Gasteiger partial charge is 0.255 e. The van der Waals surface area contributed by atoms with Crippen LogP contribution in [0.4, 0.5) is 0 Å². The highest BCUT2D eigenvalue weighted by atomic mass is 35.5. The van der Waals surface area contributed by atoms with Crippen molar-refractivity contribution in [2.24, 2.45) is 0 Å². The molecule has 21 heavy (non-hydrogen) atoms. The van der Waals surface area contributed by atoms with E-state index in [0.29, 0.717) is 16.5 Å². The zero-order valence-corrected chi connectivity index (χ0v) is 11.6. The van der Waals surface area contributed by atoms with E-state index in [0.717, 1.165) is 0 Å². The monoisotopic (exact) mass is 302 g/mol. The third-order valence-electron chi connectivity index (χ3n) is 2.99. The lowest BCUT2D eigenvalue weighted by Crippen LogP contribution is -2.24. The van der Waals surface area contributed by atoms with Crippen LogP contribution in [0, 0.1) is 0 Å². The standard InChI is InChI=1S/C14H11ClN4O2/c15-9-4-5-11(20)10(7-9)14(21)16-8-13-18-17-12-3-1-2-6-19(12)13/h1-7,20H,8H2,(H,16,21).